The molecule has 4 nitrogen and oxygen atoms in total. The number of hydrogen-bond donors (Lipinski definition) is 1. The average molecular weight is 237 g/mol. The molecule has 0 spiro atoms. The number of likely N-dealkylation sites (tertiary alicyclic amines) is 1. The van der Waals surface area contributed by atoms with E-state index in [1.165, 1.54) is 4.90 Å². The highest BCUT2D eigenvalue weighted by molar-refractivity contribution is 5.94. The molecule has 0 saturated carbocycles. The number of alkyl halides is 3. The lowest BCUT2D eigenvalue weighted by Crippen LogP contribution is -2.32. The maximum atomic E-state index is 11.8. The molecule has 0 aromatic carbocycles. The van der Waals surface area contributed by atoms with Gasteiger partial charge in [0.15, 0.2) is 0 Å². The average Bonchev–Trinajstić information content (AvgIpc) is 2.60. The van der Waals surface area contributed by atoms with Gasteiger partial charge in [0.05, 0.1) is 0 Å². The van der Waals surface area contributed by atoms with Crippen LogP contribution >= 0.6 is 0 Å². The summed E-state index contributed by atoms with van der Waals surface area (Å²) in [6.45, 7) is 0.346. The second kappa shape index (κ2) is 4.54. The SMILES string of the molecule is O=C(O)C1CCCN1C=CC(=O)C(F)(F)F. The molecule has 1 aliphatic rings. The number of allylic oxidation sites excluding steroid dienone is 1. The van der Waals surface area contributed by atoms with Crippen molar-refractivity contribution in [1.82, 2.24) is 4.90 Å². The first-order chi connectivity index (χ1) is 7.32. The minimum absolute atomic E-state index is 0.346. The first kappa shape index (κ1) is 12.5. The first-order valence-corrected chi connectivity index (χ1v) is 4.60. The molecule has 1 unspecified atom stereocenters. The van der Waals surface area contributed by atoms with Crippen LogP contribution in [-0.4, -0.2) is 40.5 Å². The number of ketones is 1. The Morgan fingerprint density at radius 1 is 1.38 bits per heavy atom. The van der Waals surface area contributed by atoms with E-state index in [0.717, 1.165) is 6.20 Å². The molecule has 0 aromatic heterocycles. The van der Waals surface area contributed by atoms with E-state index in [2.05, 4.69) is 0 Å². The Hall–Kier alpha value is -1.53. The van der Waals surface area contributed by atoms with E-state index in [1.807, 2.05) is 0 Å². The molecule has 1 saturated heterocycles. The van der Waals surface area contributed by atoms with Crippen molar-refractivity contribution in [2.45, 2.75) is 25.1 Å². The standard InChI is InChI=1S/C9H10F3NO3/c10-9(11,12)7(14)3-5-13-4-1-2-6(13)8(15)16/h3,5-6H,1-2,4H2,(H,15,16). The fourth-order valence-corrected chi connectivity index (χ4v) is 1.49. The van der Waals surface area contributed by atoms with E-state index in [1.54, 1.807) is 0 Å². The minimum atomic E-state index is -4.91. The third-order valence-corrected chi connectivity index (χ3v) is 2.28. The number of carboxylic acid groups (broad SMARTS) is 1. The van der Waals surface area contributed by atoms with Gasteiger partial charge in [0.25, 0.3) is 5.78 Å². The zero-order chi connectivity index (χ0) is 12.3. The molecule has 0 aliphatic carbocycles. The Morgan fingerprint density at radius 2 is 2.00 bits per heavy atom. The van der Waals surface area contributed by atoms with Gasteiger partial charge in [-0.3, -0.25) is 4.79 Å². The van der Waals surface area contributed by atoms with Gasteiger partial charge in [0.1, 0.15) is 6.04 Å². The lowest BCUT2D eigenvalue weighted by molar-refractivity contribution is -0.165. The number of carbonyl (C=O) groups is 2. The number of rotatable bonds is 3. The Bertz CT molecular complexity index is 324. The summed E-state index contributed by atoms with van der Waals surface area (Å²) in [5.74, 6) is -3.08. The van der Waals surface area contributed by atoms with Crippen molar-refractivity contribution in [2.24, 2.45) is 0 Å². The van der Waals surface area contributed by atoms with Crippen LogP contribution in [0.1, 0.15) is 12.8 Å². The minimum Gasteiger partial charge on any atom is -0.480 e. The van der Waals surface area contributed by atoms with Crippen molar-refractivity contribution in [2.75, 3.05) is 6.54 Å². The van der Waals surface area contributed by atoms with Gasteiger partial charge in [-0.2, -0.15) is 13.2 Å². The predicted octanol–water partition coefficient (Wildman–Crippen LogP) is 1.18. The van der Waals surface area contributed by atoms with Gasteiger partial charge in [-0.05, 0) is 12.8 Å². The predicted molar refractivity (Wildman–Crippen MR) is 47.6 cm³/mol. The van der Waals surface area contributed by atoms with Crippen molar-refractivity contribution in [3.63, 3.8) is 0 Å². The summed E-state index contributed by atoms with van der Waals surface area (Å²) in [5.41, 5.74) is 0. The molecular weight excluding hydrogens is 227 g/mol. The fraction of sp³-hybridized carbons (Fsp3) is 0.556. The van der Waals surface area contributed by atoms with E-state index in [4.69, 9.17) is 5.11 Å². The van der Waals surface area contributed by atoms with Crippen LogP contribution in [0.5, 0.6) is 0 Å². The van der Waals surface area contributed by atoms with Gasteiger partial charge in [-0.25, -0.2) is 4.79 Å². The van der Waals surface area contributed by atoms with E-state index in [0.29, 0.717) is 25.5 Å². The van der Waals surface area contributed by atoms with Gasteiger partial charge in [0, 0.05) is 18.8 Å². The molecule has 1 atom stereocenters. The molecule has 0 amide bonds. The lowest BCUT2D eigenvalue weighted by atomic mass is 10.2. The first-order valence-electron chi connectivity index (χ1n) is 4.60. The third kappa shape index (κ3) is 2.98. The molecule has 1 rings (SSSR count). The highest BCUT2D eigenvalue weighted by Gasteiger charge is 2.36. The highest BCUT2D eigenvalue weighted by atomic mass is 19.4. The number of nitrogens with zero attached hydrogens (tertiary/aromatic N) is 1. The van der Waals surface area contributed by atoms with Crippen molar-refractivity contribution in [3.8, 4) is 0 Å². The van der Waals surface area contributed by atoms with E-state index in [-0.39, 0.29) is 0 Å². The van der Waals surface area contributed by atoms with E-state index in [9.17, 15) is 22.8 Å². The quantitative estimate of drug-likeness (QED) is 0.749. The van der Waals surface area contributed by atoms with Gasteiger partial charge in [-0.1, -0.05) is 0 Å². The summed E-state index contributed by atoms with van der Waals surface area (Å²) in [7, 11) is 0. The number of carbonyl (C=O) groups excluding carboxylic acids is 1. The topological polar surface area (TPSA) is 57.6 Å². The van der Waals surface area contributed by atoms with Crippen LogP contribution in [0.25, 0.3) is 0 Å². The van der Waals surface area contributed by atoms with Gasteiger partial charge in [0.2, 0.25) is 0 Å². The molecule has 1 heterocycles. The largest absolute Gasteiger partial charge is 0.480 e. The number of halogens is 3. The summed E-state index contributed by atoms with van der Waals surface area (Å²) in [6, 6.07) is -0.836. The maximum Gasteiger partial charge on any atom is 0.454 e. The Kier molecular flexibility index (Phi) is 3.56. The Balaban J connectivity index is 2.63. The molecule has 1 fully saturated rings. The van der Waals surface area contributed by atoms with Gasteiger partial charge in [-0.15, -0.1) is 0 Å². The molecule has 1 aliphatic heterocycles. The molecule has 90 valence electrons. The zero-order valence-corrected chi connectivity index (χ0v) is 8.20. The number of aliphatic carboxylic acids is 1. The van der Waals surface area contributed by atoms with Crippen LogP contribution in [0.3, 0.4) is 0 Å². The summed E-state index contributed by atoms with van der Waals surface area (Å²) in [6.07, 6.45) is -2.68. The summed E-state index contributed by atoms with van der Waals surface area (Å²) < 4.78 is 35.5. The van der Waals surface area contributed by atoms with Crippen LogP contribution in [-0.2, 0) is 9.59 Å². The Labute approximate surface area is 89.3 Å². The van der Waals surface area contributed by atoms with Crippen molar-refractivity contribution in [1.29, 1.82) is 0 Å². The molecule has 16 heavy (non-hydrogen) atoms. The Morgan fingerprint density at radius 3 is 2.50 bits per heavy atom. The highest BCUT2D eigenvalue weighted by Crippen LogP contribution is 2.20. The van der Waals surface area contributed by atoms with Crippen LogP contribution in [0.2, 0.25) is 0 Å². The summed E-state index contributed by atoms with van der Waals surface area (Å²) in [4.78, 5) is 22.4. The van der Waals surface area contributed by atoms with Crippen molar-refractivity contribution in [3.05, 3.63) is 12.3 Å². The van der Waals surface area contributed by atoms with E-state index >= 15 is 0 Å². The number of carboxylic acids is 1. The van der Waals surface area contributed by atoms with Crippen molar-refractivity contribution >= 4 is 11.8 Å². The van der Waals surface area contributed by atoms with Crippen LogP contribution in [0, 0.1) is 0 Å². The number of hydrogen-bond acceptors (Lipinski definition) is 3. The molecule has 7 heteroatoms. The van der Waals surface area contributed by atoms with Gasteiger partial charge >= 0.3 is 12.1 Å². The van der Waals surface area contributed by atoms with Crippen LogP contribution in [0.4, 0.5) is 13.2 Å². The second-order valence-corrected chi connectivity index (χ2v) is 3.41. The molecule has 0 aromatic rings. The molecule has 1 N–H and O–H groups in total. The second-order valence-electron chi connectivity index (χ2n) is 3.41. The lowest BCUT2D eigenvalue weighted by Gasteiger charge is -2.18. The zero-order valence-electron chi connectivity index (χ0n) is 8.20. The van der Waals surface area contributed by atoms with Crippen LogP contribution in [0.15, 0.2) is 12.3 Å². The van der Waals surface area contributed by atoms with Crippen LogP contribution < -0.4 is 0 Å². The summed E-state index contributed by atoms with van der Waals surface area (Å²) in [5, 5.41) is 8.73. The monoisotopic (exact) mass is 237 g/mol. The normalized spacial score (nSPS) is 21.7. The summed E-state index contributed by atoms with van der Waals surface area (Å²) >= 11 is 0. The van der Waals surface area contributed by atoms with Crippen molar-refractivity contribution < 1.29 is 27.9 Å². The smallest absolute Gasteiger partial charge is 0.454 e. The molecule has 0 bridgehead atoms. The fourth-order valence-electron chi connectivity index (χ4n) is 1.49. The molecular formula is C9H10F3NO3. The molecule has 0 radical (unpaired) electrons. The third-order valence-electron chi connectivity index (χ3n) is 2.28. The van der Waals surface area contributed by atoms with E-state index < -0.39 is 24.0 Å². The van der Waals surface area contributed by atoms with Gasteiger partial charge < -0.3 is 10.0 Å². The maximum absolute atomic E-state index is 11.8.